The Bertz CT molecular complexity index is 486. The molecule has 2 atom stereocenters. The Morgan fingerprint density at radius 1 is 1.28 bits per heavy atom. The first-order valence-corrected chi connectivity index (χ1v) is 5.77. The Hall–Kier alpha value is -1.30. The lowest BCUT2D eigenvalue weighted by Crippen LogP contribution is -2.37. The average molecular weight is 261 g/mol. The zero-order chi connectivity index (χ0) is 12.9. The number of hydrogen-bond acceptors (Lipinski definition) is 2. The van der Waals surface area contributed by atoms with Crippen LogP contribution in [0.4, 0.5) is 17.6 Å². The van der Waals surface area contributed by atoms with E-state index in [1.165, 1.54) is 0 Å². The van der Waals surface area contributed by atoms with Gasteiger partial charge in [-0.2, -0.15) is 13.2 Å². The van der Waals surface area contributed by atoms with Crippen LogP contribution in [-0.2, 0) is 6.18 Å². The van der Waals surface area contributed by atoms with Crippen molar-refractivity contribution in [3.63, 3.8) is 0 Å². The van der Waals surface area contributed by atoms with E-state index in [1.807, 2.05) is 0 Å². The molecular weight excluding hydrogens is 250 g/mol. The molecule has 2 heterocycles. The molecule has 1 aromatic rings. The normalized spacial score (nSPS) is 26.4. The van der Waals surface area contributed by atoms with Gasteiger partial charge in [-0.05, 0) is 31.5 Å². The van der Waals surface area contributed by atoms with Crippen LogP contribution >= 0.6 is 0 Å². The van der Waals surface area contributed by atoms with Gasteiger partial charge in [0.15, 0.2) is 0 Å². The van der Waals surface area contributed by atoms with Gasteiger partial charge in [0.05, 0.1) is 17.2 Å². The molecule has 2 nitrogen and oxygen atoms in total. The minimum absolute atomic E-state index is 0.0201. The molecule has 0 amide bonds. The molecule has 1 N–H and O–H groups in total. The molecule has 0 radical (unpaired) electrons. The number of piperidine rings is 1. The van der Waals surface area contributed by atoms with Crippen molar-refractivity contribution in [2.24, 2.45) is 0 Å². The highest BCUT2D eigenvalue weighted by atomic mass is 19.4. The first-order valence-electron chi connectivity index (χ1n) is 5.77. The lowest BCUT2D eigenvalue weighted by molar-refractivity contribution is -0.137. The molecule has 98 valence electrons. The number of alkyl halides is 3. The minimum atomic E-state index is -4.56. The molecule has 2 aliphatic rings. The molecule has 0 spiro atoms. The van der Waals surface area contributed by atoms with Gasteiger partial charge in [0, 0.05) is 0 Å². The summed E-state index contributed by atoms with van der Waals surface area (Å²) >= 11 is 0. The van der Waals surface area contributed by atoms with Crippen LogP contribution < -0.4 is 10.1 Å². The number of halogens is 4. The van der Waals surface area contributed by atoms with Crippen molar-refractivity contribution in [3.05, 3.63) is 29.1 Å². The van der Waals surface area contributed by atoms with E-state index in [-0.39, 0.29) is 23.5 Å². The lowest BCUT2D eigenvalue weighted by Gasteiger charge is -2.25. The smallest absolute Gasteiger partial charge is 0.416 e. The highest BCUT2D eigenvalue weighted by Gasteiger charge is 2.41. The van der Waals surface area contributed by atoms with Crippen molar-refractivity contribution in [3.8, 4) is 5.75 Å². The van der Waals surface area contributed by atoms with Crippen molar-refractivity contribution < 1.29 is 22.3 Å². The summed E-state index contributed by atoms with van der Waals surface area (Å²) in [6, 6.07) is 1.11. The molecular formula is C12H11F4NO. The van der Waals surface area contributed by atoms with Gasteiger partial charge in [-0.25, -0.2) is 4.39 Å². The number of benzene rings is 1. The number of rotatable bonds is 0. The summed E-state index contributed by atoms with van der Waals surface area (Å²) in [7, 11) is 0. The average Bonchev–Trinajstić information content (AvgIpc) is 2.66. The highest BCUT2D eigenvalue weighted by Crippen LogP contribution is 2.44. The first kappa shape index (κ1) is 11.8. The topological polar surface area (TPSA) is 21.3 Å². The third-order valence-corrected chi connectivity index (χ3v) is 3.41. The van der Waals surface area contributed by atoms with Gasteiger partial charge in [-0.15, -0.1) is 0 Å². The molecule has 3 rings (SSSR count). The standard InChI is InChI=1S/C12H11F4NO/c13-7-4-6(12(14,15)16)5-9-10(7)11-8(18-9)2-1-3-17-11/h4-5,8,11,17H,1-3H2/t8?,11-/m1/s1. The molecule has 1 fully saturated rings. The van der Waals surface area contributed by atoms with Crippen LogP contribution in [0.25, 0.3) is 0 Å². The van der Waals surface area contributed by atoms with E-state index in [1.54, 1.807) is 0 Å². The zero-order valence-corrected chi connectivity index (χ0v) is 9.35. The van der Waals surface area contributed by atoms with Crippen molar-refractivity contribution in [2.45, 2.75) is 31.2 Å². The molecule has 1 unspecified atom stereocenters. The van der Waals surface area contributed by atoms with Crippen molar-refractivity contribution in [2.75, 3.05) is 6.54 Å². The summed E-state index contributed by atoms with van der Waals surface area (Å²) in [6.07, 6.45) is -3.21. The van der Waals surface area contributed by atoms with E-state index in [0.29, 0.717) is 6.07 Å². The summed E-state index contributed by atoms with van der Waals surface area (Å²) in [5, 5.41) is 3.09. The third-order valence-electron chi connectivity index (χ3n) is 3.41. The van der Waals surface area contributed by atoms with E-state index < -0.39 is 17.6 Å². The molecule has 2 aliphatic heterocycles. The fraction of sp³-hybridized carbons (Fsp3) is 0.500. The van der Waals surface area contributed by atoms with Crippen molar-refractivity contribution in [1.29, 1.82) is 0 Å². The summed E-state index contributed by atoms with van der Waals surface area (Å²) < 4.78 is 57.0. The Balaban J connectivity index is 2.05. The second kappa shape index (κ2) is 3.85. The van der Waals surface area contributed by atoms with Crippen LogP contribution in [0.2, 0.25) is 0 Å². The van der Waals surface area contributed by atoms with E-state index in [9.17, 15) is 17.6 Å². The Kier molecular flexibility index (Phi) is 2.52. The number of ether oxygens (including phenoxy) is 1. The van der Waals surface area contributed by atoms with Gasteiger partial charge in [0.2, 0.25) is 0 Å². The molecule has 0 aliphatic carbocycles. The molecule has 1 saturated heterocycles. The molecule has 0 aromatic heterocycles. The van der Waals surface area contributed by atoms with Crippen LogP contribution in [0.1, 0.15) is 30.0 Å². The number of fused-ring (bicyclic) bond motifs is 3. The van der Waals surface area contributed by atoms with Crippen LogP contribution in [0.5, 0.6) is 5.75 Å². The van der Waals surface area contributed by atoms with Gasteiger partial charge in [0.1, 0.15) is 17.7 Å². The minimum Gasteiger partial charge on any atom is -0.488 e. The van der Waals surface area contributed by atoms with Crippen LogP contribution in [0, 0.1) is 5.82 Å². The molecule has 18 heavy (non-hydrogen) atoms. The summed E-state index contributed by atoms with van der Waals surface area (Å²) in [5.74, 6) is -0.826. The fourth-order valence-electron chi connectivity index (χ4n) is 2.59. The quantitative estimate of drug-likeness (QED) is 0.725. The fourth-order valence-corrected chi connectivity index (χ4v) is 2.59. The van der Waals surface area contributed by atoms with Gasteiger partial charge >= 0.3 is 6.18 Å². The Labute approximate surface area is 101 Å². The van der Waals surface area contributed by atoms with E-state index >= 15 is 0 Å². The zero-order valence-electron chi connectivity index (χ0n) is 9.35. The van der Waals surface area contributed by atoms with Gasteiger partial charge in [-0.1, -0.05) is 0 Å². The predicted molar refractivity (Wildman–Crippen MR) is 55.8 cm³/mol. The third kappa shape index (κ3) is 1.75. The van der Waals surface area contributed by atoms with E-state index in [2.05, 4.69) is 5.32 Å². The Morgan fingerprint density at radius 2 is 2.06 bits per heavy atom. The summed E-state index contributed by atoms with van der Waals surface area (Å²) in [6.45, 7) is 0.727. The van der Waals surface area contributed by atoms with Gasteiger partial charge in [0.25, 0.3) is 0 Å². The van der Waals surface area contributed by atoms with Crippen molar-refractivity contribution in [1.82, 2.24) is 5.32 Å². The largest absolute Gasteiger partial charge is 0.488 e. The maximum atomic E-state index is 13.8. The van der Waals surface area contributed by atoms with Gasteiger partial charge in [-0.3, -0.25) is 0 Å². The lowest BCUT2D eigenvalue weighted by atomic mass is 9.95. The van der Waals surface area contributed by atoms with Crippen LogP contribution in [0.15, 0.2) is 12.1 Å². The predicted octanol–water partition coefficient (Wildman–Crippen LogP) is 3.03. The Morgan fingerprint density at radius 3 is 2.78 bits per heavy atom. The maximum absolute atomic E-state index is 13.8. The summed E-state index contributed by atoms with van der Waals surface area (Å²) in [4.78, 5) is 0. The number of hydrogen-bond donors (Lipinski definition) is 1. The van der Waals surface area contributed by atoms with Crippen LogP contribution in [-0.4, -0.2) is 12.6 Å². The van der Waals surface area contributed by atoms with Gasteiger partial charge < -0.3 is 10.1 Å². The van der Waals surface area contributed by atoms with Crippen LogP contribution in [0.3, 0.4) is 0 Å². The summed E-state index contributed by atoms with van der Waals surface area (Å²) in [5.41, 5.74) is -0.773. The SMILES string of the molecule is Fc1cc(C(F)(F)F)cc2c1[C@@H]1NCCCC1O2. The molecule has 6 heteroatoms. The molecule has 0 bridgehead atoms. The van der Waals surface area contributed by atoms with Crippen molar-refractivity contribution >= 4 is 0 Å². The first-order chi connectivity index (χ1) is 8.47. The monoisotopic (exact) mass is 261 g/mol. The maximum Gasteiger partial charge on any atom is 0.416 e. The second-order valence-corrected chi connectivity index (χ2v) is 4.60. The molecule has 0 saturated carbocycles. The highest BCUT2D eigenvalue weighted by molar-refractivity contribution is 5.45. The van der Waals surface area contributed by atoms with E-state index in [0.717, 1.165) is 25.5 Å². The van der Waals surface area contributed by atoms with E-state index in [4.69, 9.17) is 4.74 Å². The number of nitrogens with one attached hydrogen (secondary N) is 1. The molecule has 1 aromatic carbocycles. The second-order valence-electron chi connectivity index (χ2n) is 4.60.